The van der Waals surface area contributed by atoms with E-state index in [2.05, 4.69) is 20.9 Å². The Morgan fingerprint density at radius 1 is 1.41 bits per heavy atom. The maximum absolute atomic E-state index is 11.8. The molecular weight excluding hydrogens is 286 g/mol. The lowest BCUT2D eigenvalue weighted by Crippen LogP contribution is -2.11. The van der Waals surface area contributed by atoms with Crippen LogP contribution in [0.3, 0.4) is 0 Å². The van der Waals surface area contributed by atoms with Crippen LogP contribution in [0, 0.1) is 0 Å². The number of aromatic amines is 1. The van der Waals surface area contributed by atoms with E-state index in [0.29, 0.717) is 10.9 Å². The number of rotatable bonds is 2. The van der Waals surface area contributed by atoms with E-state index in [-0.39, 0.29) is 17.6 Å². The van der Waals surface area contributed by atoms with Gasteiger partial charge in [0.1, 0.15) is 0 Å². The molecule has 1 heterocycles. The first-order chi connectivity index (χ1) is 8.15. The highest BCUT2D eigenvalue weighted by molar-refractivity contribution is 9.10. The molecule has 0 saturated carbocycles. The highest BCUT2D eigenvalue weighted by Gasteiger charge is 2.15. The highest BCUT2D eigenvalue weighted by atomic mass is 79.9. The van der Waals surface area contributed by atoms with Crippen molar-refractivity contribution in [2.45, 2.75) is 6.92 Å². The number of pyridine rings is 1. The number of nitrogens with one attached hydrogen (secondary N) is 1. The molecule has 0 atom stereocenters. The number of ether oxygens (including phenoxy) is 1. The first kappa shape index (κ1) is 11.9. The minimum atomic E-state index is -0.485. The molecule has 0 unspecified atom stereocenters. The van der Waals surface area contributed by atoms with Gasteiger partial charge < -0.3 is 9.72 Å². The number of aromatic nitrogens is 1. The fraction of sp³-hybridized carbons (Fsp3) is 0.167. The van der Waals surface area contributed by atoms with Crippen molar-refractivity contribution in [2.24, 2.45) is 0 Å². The molecule has 1 aromatic heterocycles. The summed E-state index contributed by atoms with van der Waals surface area (Å²) in [5.74, 6) is -0.485. The van der Waals surface area contributed by atoms with Gasteiger partial charge in [-0.25, -0.2) is 4.79 Å². The predicted molar refractivity (Wildman–Crippen MR) is 68.2 cm³/mol. The van der Waals surface area contributed by atoms with Crippen LogP contribution in [-0.4, -0.2) is 17.6 Å². The minimum absolute atomic E-state index is 0.205. The van der Waals surface area contributed by atoms with Crippen LogP contribution < -0.4 is 5.43 Å². The van der Waals surface area contributed by atoms with Gasteiger partial charge in [-0.05, 0) is 35.0 Å². The Balaban J connectivity index is 2.77. The smallest absolute Gasteiger partial charge is 0.338 e. The van der Waals surface area contributed by atoms with E-state index < -0.39 is 5.97 Å². The second kappa shape index (κ2) is 4.71. The second-order valence-corrected chi connectivity index (χ2v) is 4.26. The van der Waals surface area contributed by atoms with Crippen molar-refractivity contribution >= 4 is 32.8 Å². The van der Waals surface area contributed by atoms with Gasteiger partial charge in [-0.1, -0.05) is 0 Å². The van der Waals surface area contributed by atoms with E-state index in [0.717, 1.165) is 4.47 Å². The van der Waals surface area contributed by atoms with Crippen LogP contribution in [0.25, 0.3) is 10.9 Å². The fourth-order valence-electron chi connectivity index (χ4n) is 1.64. The minimum Gasteiger partial charge on any atom is -0.462 e. The van der Waals surface area contributed by atoms with Gasteiger partial charge in [0.2, 0.25) is 0 Å². The summed E-state index contributed by atoms with van der Waals surface area (Å²) in [6.07, 6.45) is 1.55. The number of hydrogen-bond donors (Lipinski definition) is 1. The van der Waals surface area contributed by atoms with E-state index in [4.69, 9.17) is 4.74 Å². The third-order valence-electron chi connectivity index (χ3n) is 2.36. The predicted octanol–water partition coefficient (Wildman–Crippen LogP) is 2.47. The van der Waals surface area contributed by atoms with Crippen LogP contribution in [0.4, 0.5) is 0 Å². The molecule has 0 fully saturated rings. The van der Waals surface area contributed by atoms with Crippen LogP contribution in [0.15, 0.2) is 33.7 Å². The van der Waals surface area contributed by atoms with Crippen molar-refractivity contribution in [3.8, 4) is 0 Å². The summed E-state index contributed by atoms with van der Waals surface area (Å²) < 4.78 is 5.66. The van der Waals surface area contributed by atoms with Gasteiger partial charge in [0.05, 0.1) is 23.1 Å². The molecule has 1 aromatic carbocycles. The molecule has 0 spiro atoms. The maximum Gasteiger partial charge on any atom is 0.338 e. The van der Waals surface area contributed by atoms with E-state index in [9.17, 15) is 9.59 Å². The van der Waals surface area contributed by atoms with Crippen LogP contribution in [0.2, 0.25) is 0 Å². The number of hydrogen-bond acceptors (Lipinski definition) is 3. The second-order valence-electron chi connectivity index (χ2n) is 3.41. The molecule has 5 heteroatoms. The molecule has 4 nitrogen and oxygen atoms in total. The molecule has 88 valence electrons. The van der Waals surface area contributed by atoms with Crippen molar-refractivity contribution in [3.63, 3.8) is 0 Å². The average molecular weight is 296 g/mol. The molecular formula is C12H10BrNO3. The lowest BCUT2D eigenvalue weighted by molar-refractivity contribution is 0.0528. The summed E-state index contributed by atoms with van der Waals surface area (Å²) in [5, 5.41) is 0.348. The number of esters is 1. The number of H-pyrrole nitrogens is 1. The van der Waals surface area contributed by atoms with E-state index in [1.54, 1.807) is 25.3 Å². The quantitative estimate of drug-likeness (QED) is 0.866. The highest BCUT2D eigenvalue weighted by Crippen LogP contribution is 2.23. The number of carbonyl (C=O) groups is 1. The number of benzene rings is 1. The van der Waals surface area contributed by atoms with Gasteiger partial charge in [-0.3, -0.25) is 4.79 Å². The lowest BCUT2D eigenvalue weighted by atomic mass is 10.1. The lowest BCUT2D eigenvalue weighted by Gasteiger charge is -2.06. The third-order valence-corrected chi connectivity index (χ3v) is 3.02. The molecule has 0 radical (unpaired) electrons. The Labute approximate surface area is 106 Å². The van der Waals surface area contributed by atoms with Crippen LogP contribution in [-0.2, 0) is 4.74 Å². The van der Waals surface area contributed by atoms with E-state index in [1.165, 1.54) is 6.07 Å². The summed E-state index contributed by atoms with van der Waals surface area (Å²) in [5.41, 5.74) is 0.679. The maximum atomic E-state index is 11.8. The van der Waals surface area contributed by atoms with Crippen LogP contribution >= 0.6 is 15.9 Å². The molecule has 17 heavy (non-hydrogen) atoms. The Bertz CT molecular complexity index is 633. The van der Waals surface area contributed by atoms with Gasteiger partial charge in [0.15, 0.2) is 5.43 Å². The topological polar surface area (TPSA) is 59.2 Å². The zero-order chi connectivity index (χ0) is 12.4. The Kier molecular flexibility index (Phi) is 3.28. The third kappa shape index (κ3) is 2.10. The van der Waals surface area contributed by atoms with Gasteiger partial charge >= 0.3 is 5.97 Å². The molecule has 0 aliphatic heterocycles. The Morgan fingerprint density at radius 3 is 2.88 bits per heavy atom. The van der Waals surface area contributed by atoms with Crippen molar-refractivity contribution in [2.75, 3.05) is 6.61 Å². The van der Waals surface area contributed by atoms with Gasteiger partial charge in [0, 0.05) is 16.7 Å². The standard InChI is InChI=1S/C12H10BrNO3/c1-2-17-12(16)7-3-4-8(13)11-10(7)9(15)5-6-14-11/h3-6H,2H2,1H3,(H,14,15). The summed E-state index contributed by atoms with van der Waals surface area (Å²) in [4.78, 5) is 26.5. The first-order valence-corrected chi connectivity index (χ1v) is 5.91. The summed E-state index contributed by atoms with van der Waals surface area (Å²) >= 11 is 3.33. The van der Waals surface area contributed by atoms with Crippen molar-refractivity contribution < 1.29 is 9.53 Å². The number of fused-ring (bicyclic) bond motifs is 1. The van der Waals surface area contributed by atoms with Gasteiger partial charge in [-0.2, -0.15) is 0 Å². The largest absolute Gasteiger partial charge is 0.462 e. The van der Waals surface area contributed by atoms with E-state index in [1.807, 2.05) is 0 Å². The zero-order valence-corrected chi connectivity index (χ0v) is 10.7. The summed E-state index contributed by atoms with van der Waals surface area (Å²) in [6, 6.07) is 4.68. The monoisotopic (exact) mass is 295 g/mol. The molecule has 2 rings (SSSR count). The molecule has 0 aliphatic rings. The zero-order valence-electron chi connectivity index (χ0n) is 9.12. The summed E-state index contributed by atoms with van der Waals surface area (Å²) in [6.45, 7) is 2.00. The van der Waals surface area contributed by atoms with Crippen molar-refractivity contribution in [1.82, 2.24) is 4.98 Å². The fourth-order valence-corrected chi connectivity index (χ4v) is 2.08. The van der Waals surface area contributed by atoms with Crippen LogP contribution in [0.5, 0.6) is 0 Å². The Morgan fingerprint density at radius 2 is 2.18 bits per heavy atom. The molecule has 0 bridgehead atoms. The molecule has 0 aliphatic carbocycles. The van der Waals surface area contributed by atoms with Crippen molar-refractivity contribution in [3.05, 3.63) is 44.7 Å². The normalized spacial score (nSPS) is 10.5. The Hall–Kier alpha value is -1.62. The van der Waals surface area contributed by atoms with Gasteiger partial charge in [0.25, 0.3) is 0 Å². The molecule has 0 amide bonds. The van der Waals surface area contributed by atoms with Crippen molar-refractivity contribution in [1.29, 1.82) is 0 Å². The first-order valence-electron chi connectivity index (χ1n) is 5.12. The van der Waals surface area contributed by atoms with Gasteiger partial charge in [-0.15, -0.1) is 0 Å². The molecule has 1 N–H and O–H groups in total. The number of carbonyl (C=O) groups excluding carboxylic acids is 1. The average Bonchev–Trinajstić information content (AvgIpc) is 2.31. The molecule has 0 saturated heterocycles. The summed E-state index contributed by atoms with van der Waals surface area (Å²) in [7, 11) is 0. The van der Waals surface area contributed by atoms with Crippen LogP contribution in [0.1, 0.15) is 17.3 Å². The van der Waals surface area contributed by atoms with E-state index >= 15 is 0 Å². The molecule has 2 aromatic rings. The number of halogens is 1. The SMILES string of the molecule is CCOC(=O)c1ccc(Br)c2[nH]ccc(=O)c12.